The number of fused-ring (bicyclic) bond motifs is 10. The van der Waals surface area contributed by atoms with Crippen LogP contribution in [0.5, 0.6) is 0 Å². The lowest BCUT2D eigenvalue weighted by Gasteiger charge is -2.50. The Balaban J connectivity index is 0.790. The molecule has 2 fully saturated rings. The Morgan fingerprint density at radius 1 is 0.220 bits per heavy atom. The van der Waals surface area contributed by atoms with Crippen molar-refractivity contribution in [2.75, 3.05) is 9.80 Å². The highest BCUT2D eigenvalue weighted by molar-refractivity contribution is 6.23. The van der Waals surface area contributed by atoms with Gasteiger partial charge in [-0.3, -0.25) is 0 Å². The minimum atomic E-state index is -0.0211. The molecule has 19 rings (SSSR count). The van der Waals surface area contributed by atoms with Gasteiger partial charge in [-0.2, -0.15) is 0 Å². The Morgan fingerprint density at radius 3 is 0.870 bits per heavy atom. The first-order valence-corrected chi connectivity index (χ1v) is 36.5. The standard InChI is InChI=1S/C98H80N2/c1-95-57-17-19-59-97(95,3)99(75-29-13-7-14-30-75)91-55-51-73(63-89(91)95)79-35-23-37-81-77(33-21-39-83(79)81)71-49-53-85-87(61-71)93(69-45-41-67(42-46-69)65-25-9-5-10-26-65)86-54-50-72(62-88(86)94(85)70-47-43-68(44-48-70)66-27-11-6-12-28-66)78-34-22-40-84-80(36-24-38-82(78)84)74-52-56-92-90(64-74)96(2)58-18-20-60-98(96,4)100(92)76-31-15-8-16-32-76/h5-16,21-56,61-64H,17-20,57-60H2,1-4H3. The molecule has 2 heteroatoms. The number of hydrogen-bond donors (Lipinski definition) is 0. The molecule has 2 aliphatic heterocycles. The van der Waals surface area contributed by atoms with Crippen molar-refractivity contribution < 1.29 is 0 Å². The molecule has 4 atom stereocenters. The molecule has 2 saturated carbocycles. The molecule has 0 amide bonds. The summed E-state index contributed by atoms with van der Waals surface area (Å²) in [5.74, 6) is 0. The van der Waals surface area contributed by atoms with Crippen LogP contribution in [0.2, 0.25) is 0 Å². The number of benzene rings is 15. The molecule has 2 aliphatic carbocycles. The molecule has 0 bridgehead atoms. The Hall–Kier alpha value is -11.1. The number of nitrogens with zero attached hydrogens (tertiary/aromatic N) is 2. The molecule has 0 spiro atoms. The smallest absolute Gasteiger partial charge is 0.0517 e. The van der Waals surface area contributed by atoms with Crippen molar-refractivity contribution in [2.24, 2.45) is 0 Å². The van der Waals surface area contributed by atoms with Crippen LogP contribution in [0.15, 0.2) is 315 Å². The summed E-state index contributed by atoms with van der Waals surface area (Å²) in [4.78, 5) is 5.37. The van der Waals surface area contributed by atoms with Crippen molar-refractivity contribution in [1.29, 1.82) is 0 Å². The summed E-state index contributed by atoms with van der Waals surface area (Å²) in [6.45, 7) is 10.2. The van der Waals surface area contributed by atoms with E-state index in [4.69, 9.17) is 0 Å². The molecule has 0 radical (unpaired) electrons. The van der Waals surface area contributed by atoms with Crippen molar-refractivity contribution >= 4 is 65.8 Å². The Labute approximate surface area is 588 Å². The highest BCUT2D eigenvalue weighted by Gasteiger charge is 2.59. The lowest BCUT2D eigenvalue weighted by molar-refractivity contribution is 0.195. The van der Waals surface area contributed by atoms with Gasteiger partial charge in [-0.25, -0.2) is 0 Å². The second-order valence-electron chi connectivity index (χ2n) is 30.0. The van der Waals surface area contributed by atoms with E-state index in [-0.39, 0.29) is 21.9 Å². The van der Waals surface area contributed by atoms with Gasteiger partial charge in [-0.05, 0) is 243 Å². The van der Waals surface area contributed by atoms with Crippen LogP contribution in [0.1, 0.15) is 90.2 Å². The van der Waals surface area contributed by atoms with Gasteiger partial charge >= 0.3 is 0 Å². The monoisotopic (exact) mass is 1280 g/mol. The van der Waals surface area contributed by atoms with E-state index in [1.165, 1.54) is 217 Å². The molecule has 100 heavy (non-hydrogen) atoms. The lowest BCUT2D eigenvalue weighted by atomic mass is 9.61. The zero-order valence-corrected chi connectivity index (χ0v) is 57.6. The van der Waals surface area contributed by atoms with E-state index in [1.807, 2.05) is 0 Å². The second kappa shape index (κ2) is 23.3. The van der Waals surface area contributed by atoms with Crippen molar-refractivity contribution in [2.45, 2.75) is 101 Å². The Morgan fingerprint density at radius 2 is 0.510 bits per heavy atom. The fourth-order valence-corrected chi connectivity index (χ4v) is 19.5. The van der Waals surface area contributed by atoms with E-state index in [1.54, 1.807) is 0 Å². The molecule has 0 N–H and O–H groups in total. The summed E-state index contributed by atoms with van der Waals surface area (Å²) >= 11 is 0. The van der Waals surface area contributed by atoms with E-state index in [2.05, 4.69) is 353 Å². The normalized spacial score (nSPS) is 20.0. The Bertz CT molecular complexity index is 5360. The van der Waals surface area contributed by atoms with Gasteiger partial charge in [0.2, 0.25) is 0 Å². The van der Waals surface area contributed by atoms with Crippen LogP contribution >= 0.6 is 0 Å². The van der Waals surface area contributed by atoms with Gasteiger partial charge in [0.15, 0.2) is 0 Å². The number of rotatable bonds is 10. The fourth-order valence-electron chi connectivity index (χ4n) is 19.5. The zero-order chi connectivity index (χ0) is 66.9. The van der Waals surface area contributed by atoms with E-state index in [0.717, 1.165) is 0 Å². The van der Waals surface area contributed by atoms with E-state index >= 15 is 0 Å². The molecular weight excluding hydrogens is 1210 g/mol. The minimum Gasteiger partial charge on any atom is -0.334 e. The van der Waals surface area contributed by atoms with Gasteiger partial charge in [0, 0.05) is 33.6 Å². The molecule has 15 aromatic rings. The highest BCUT2D eigenvalue weighted by Crippen LogP contribution is 2.63. The van der Waals surface area contributed by atoms with E-state index in [9.17, 15) is 0 Å². The fraction of sp³-hybridized carbons (Fsp3) is 0.163. The zero-order valence-electron chi connectivity index (χ0n) is 57.6. The topological polar surface area (TPSA) is 6.48 Å². The maximum atomic E-state index is 2.69. The maximum absolute atomic E-state index is 2.69. The average Bonchev–Trinajstić information content (AvgIpc) is 1.37. The second-order valence-corrected chi connectivity index (χ2v) is 30.0. The largest absolute Gasteiger partial charge is 0.334 e. The molecular formula is C98H80N2. The average molecular weight is 1290 g/mol. The van der Waals surface area contributed by atoms with Crippen LogP contribution in [-0.4, -0.2) is 11.1 Å². The Kier molecular flexibility index (Phi) is 14.0. The number of anilines is 4. The summed E-state index contributed by atoms with van der Waals surface area (Å²) in [6, 6.07) is 120. The van der Waals surface area contributed by atoms with Crippen LogP contribution in [0.4, 0.5) is 22.7 Å². The summed E-state index contributed by atoms with van der Waals surface area (Å²) in [7, 11) is 0. The highest BCUT2D eigenvalue weighted by atomic mass is 15.3. The molecule has 4 unspecified atom stereocenters. The van der Waals surface area contributed by atoms with Gasteiger partial charge in [-0.15, -0.1) is 0 Å². The predicted molar refractivity (Wildman–Crippen MR) is 426 cm³/mol. The molecule has 15 aromatic carbocycles. The van der Waals surface area contributed by atoms with Gasteiger partial charge in [0.05, 0.1) is 11.1 Å². The van der Waals surface area contributed by atoms with E-state index in [0.29, 0.717) is 0 Å². The third kappa shape index (κ3) is 9.15. The van der Waals surface area contributed by atoms with Crippen LogP contribution in [-0.2, 0) is 10.8 Å². The first-order valence-electron chi connectivity index (χ1n) is 36.5. The molecule has 2 heterocycles. The summed E-state index contributed by atoms with van der Waals surface area (Å²) in [6.07, 6.45) is 9.69. The molecule has 2 nitrogen and oxygen atoms in total. The molecule has 0 aromatic heterocycles. The van der Waals surface area contributed by atoms with Crippen LogP contribution < -0.4 is 9.80 Å². The first kappa shape index (κ1) is 60.1. The van der Waals surface area contributed by atoms with Gasteiger partial charge in [-0.1, -0.05) is 294 Å². The first-order chi connectivity index (χ1) is 49.1. The SMILES string of the molecule is CC12CCCCC1(C)N(c1ccccc1)c1ccc(-c3cccc4c(-c5ccc6c(-c7ccc(-c8ccccc8)cc7)c7cc(-c8cccc9c(-c%10ccc%11c(c%10)C%10(C)CCCCC%10(C)N%11c%10ccccc%10)cccc89)ccc7c(-c7ccc(-c8ccccc8)cc7)c6c5)cccc34)cc12. The van der Waals surface area contributed by atoms with Crippen molar-refractivity contribution in [3.8, 4) is 89.0 Å². The summed E-state index contributed by atoms with van der Waals surface area (Å²) in [5.41, 5.74) is 27.8. The lowest BCUT2D eigenvalue weighted by Crippen LogP contribution is -2.54. The third-order valence-corrected chi connectivity index (χ3v) is 25.0. The predicted octanol–water partition coefficient (Wildman–Crippen LogP) is 27.1. The minimum absolute atomic E-state index is 0.00849. The van der Waals surface area contributed by atoms with Gasteiger partial charge in [0.25, 0.3) is 0 Å². The van der Waals surface area contributed by atoms with E-state index < -0.39 is 0 Å². The molecule has 0 saturated heterocycles. The molecule has 4 aliphatic rings. The summed E-state index contributed by atoms with van der Waals surface area (Å²) in [5, 5.41) is 9.93. The van der Waals surface area contributed by atoms with Crippen LogP contribution in [0.3, 0.4) is 0 Å². The van der Waals surface area contributed by atoms with Gasteiger partial charge in [0.1, 0.15) is 0 Å². The van der Waals surface area contributed by atoms with Crippen LogP contribution in [0.25, 0.3) is 132 Å². The van der Waals surface area contributed by atoms with Crippen molar-refractivity contribution in [3.63, 3.8) is 0 Å². The van der Waals surface area contributed by atoms with Gasteiger partial charge < -0.3 is 9.80 Å². The van der Waals surface area contributed by atoms with Crippen LogP contribution in [0, 0.1) is 0 Å². The van der Waals surface area contributed by atoms with Crippen molar-refractivity contribution in [1.82, 2.24) is 0 Å². The third-order valence-electron chi connectivity index (χ3n) is 25.0. The van der Waals surface area contributed by atoms with Crippen molar-refractivity contribution in [3.05, 3.63) is 327 Å². The quantitative estimate of drug-likeness (QED) is 0.126. The number of hydrogen-bond acceptors (Lipinski definition) is 2. The maximum Gasteiger partial charge on any atom is 0.0517 e. The molecule has 482 valence electrons. The summed E-state index contributed by atoms with van der Waals surface area (Å²) < 4.78 is 0. The number of para-hydroxylation sites is 2.